The van der Waals surface area contributed by atoms with E-state index in [9.17, 15) is 4.79 Å². The molecule has 0 aliphatic carbocycles. The summed E-state index contributed by atoms with van der Waals surface area (Å²) in [7, 11) is 0. The molecule has 0 amide bonds. The van der Waals surface area contributed by atoms with Gasteiger partial charge >= 0.3 is 0 Å². The number of rotatable bonds is 11. The molecule has 5 nitrogen and oxygen atoms in total. The molecule has 0 spiro atoms. The zero-order valence-electron chi connectivity index (χ0n) is 17.5. The molecule has 29 heavy (non-hydrogen) atoms. The summed E-state index contributed by atoms with van der Waals surface area (Å²) in [6.45, 7) is 7.70. The van der Waals surface area contributed by atoms with Crippen molar-refractivity contribution >= 4 is 16.5 Å². The average Bonchev–Trinajstić information content (AvgIpc) is 2.73. The zero-order chi connectivity index (χ0) is 20.5. The first-order valence-corrected chi connectivity index (χ1v) is 10.7. The van der Waals surface area contributed by atoms with Gasteiger partial charge in [-0.3, -0.25) is 4.79 Å². The van der Waals surface area contributed by atoms with Crippen LogP contribution in [0.5, 0.6) is 0 Å². The molecule has 2 aromatic carbocycles. The molecule has 0 radical (unpaired) electrons. The van der Waals surface area contributed by atoms with E-state index in [4.69, 9.17) is 0 Å². The molecule has 0 saturated heterocycles. The van der Waals surface area contributed by atoms with Gasteiger partial charge in [0.05, 0.1) is 11.1 Å². The Kier molecular flexibility index (Phi) is 7.82. The molecule has 3 aromatic rings. The average molecular weight is 393 g/mol. The Labute approximate surface area is 172 Å². The maximum atomic E-state index is 12.0. The first kappa shape index (κ1) is 21.1. The van der Waals surface area contributed by atoms with Crippen molar-refractivity contribution in [3.63, 3.8) is 0 Å². The van der Waals surface area contributed by atoms with E-state index < -0.39 is 0 Å². The summed E-state index contributed by atoms with van der Waals surface area (Å²) in [5.74, 6) is 0.770. The fourth-order valence-corrected chi connectivity index (χ4v) is 3.41. The normalized spacial score (nSPS) is 11.3. The molecule has 0 saturated carbocycles. The summed E-state index contributed by atoms with van der Waals surface area (Å²) < 4.78 is 0. The number of hydrogen-bond acceptors (Lipinski definition) is 4. The summed E-state index contributed by atoms with van der Waals surface area (Å²) in [6.07, 6.45) is 4.83. The molecule has 1 heterocycles. The molecule has 5 heteroatoms. The maximum absolute atomic E-state index is 12.0. The number of anilines is 1. The van der Waals surface area contributed by atoms with E-state index in [0.29, 0.717) is 5.39 Å². The molecule has 154 valence electrons. The summed E-state index contributed by atoms with van der Waals surface area (Å²) in [6, 6.07) is 15.8. The third-order valence-electron chi connectivity index (χ3n) is 5.09. The quantitative estimate of drug-likeness (QED) is 0.410. The highest BCUT2D eigenvalue weighted by Gasteiger charge is 2.08. The number of aromatic nitrogens is 2. The second-order valence-corrected chi connectivity index (χ2v) is 7.95. The Morgan fingerprint density at radius 2 is 1.72 bits per heavy atom. The fraction of sp³-hybridized carbons (Fsp3) is 0.417. The number of aromatic amines is 1. The molecule has 0 aliphatic rings. The van der Waals surface area contributed by atoms with E-state index in [1.165, 1.54) is 19.3 Å². The summed E-state index contributed by atoms with van der Waals surface area (Å²) >= 11 is 0. The van der Waals surface area contributed by atoms with E-state index in [1.807, 2.05) is 36.4 Å². The van der Waals surface area contributed by atoms with Crippen LogP contribution in [0.2, 0.25) is 0 Å². The summed E-state index contributed by atoms with van der Waals surface area (Å²) in [5, 5.41) is 15.5. The summed E-state index contributed by atoms with van der Waals surface area (Å²) in [5.41, 5.74) is 2.72. The second-order valence-electron chi connectivity index (χ2n) is 7.95. The van der Waals surface area contributed by atoms with Crippen LogP contribution < -0.4 is 16.2 Å². The lowest BCUT2D eigenvalue weighted by molar-refractivity contribution is 0.525. The highest BCUT2D eigenvalue weighted by Crippen LogP contribution is 2.26. The van der Waals surface area contributed by atoms with Crippen LogP contribution in [0.25, 0.3) is 22.0 Å². The van der Waals surface area contributed by atoms with E-state index in [0.717, 1.165) is 54.3 Å². The number of nitrogens with one attached hydrogen (secondary N) is 3. The standard InChI is InChI=1S/C24H32N4O/c1-18(2)13-16-25-14-6-3-7-15-26-20-10-8-9-19(17-20)23-21-11-4-5-12-22(21)24(29)28-27-23/h4-5,8-12,17-18,25-26H,3,6-7,13-16H2,1-2H3,(H,28,29). The fourth-order valence-electron chi connectivity index (χ4n) is 3.41. The van der Waals surface area contributed by atoms with Gasteiger partial charge in [0.25, 0.3) is 5.56 Å². The lowest BCUT2D eigenvalue weighted by atomic mass is 10.0. The van der Waals surface area contributed by atoms with Gasteiger partial charge in [-0.05, 0) is 56.5 Å². The van der Waals surface area contributed by atoms with Gasteiger partial charge in [-0.15, -0.1) is 0 Å². The van der Waals surface area contributed by atoms with Crippen molar-refractivity contribution in [1.82, 2.24) is 15.5 Å². The van der Waals surface area contributed by atoms with Crippen molar-refractivity contribution < 1.29 is 0 Å². The van der Waals surface area contributed by atoms with Crippen molar-refractivity contribution in [2.75, 3.05) is 25.0 Å². The van der Waals surface area contributed by atoms with Crippen LogP contribution in [0.3, 0.4) is 0 Å². The van der Waals surface area contributed by atoms with Gasteiger partial charge in [0, 0.05) is 23.2 Å². The van der Waals surface area contributed by atoms with Crippen molar-refractivity contribution in [3.05, 3.63) is 58.9 Å². The Morgan fingerprint density at radius 3 is 2.55 bits per heavy atom. The molecule has 0 aliphatic heterocycles. The molecule has 1 aromatic heterocycles. The van der Waals surface area contributed by atoms with Gasteiger partial charge < -0.3 is 10.6 Å². The van der Waals surface area contributed by atoms with E-state index >= 15 is 0 Å². The van der Waals surface area contributed by atoms with Crippen molar-refractivity contribution in [2.45, 2.75) is 39.5 Å². The second kappa shape index (κ2) is 10.8. The zero-order valence-corrected chi connectivity index (χ0v) is 17.5. The van der Waals surface area contributed by atoms with E-state index in [2.05, 4.69) is 46.8 Å². The third kappa shape index (κ3) is 6.16. The van der Waals surface area contributed by atoms with Crippen LogP contribution in [0, 0.1) is 5.92 Å². The number of fused-ring (bicyclic) bond motifs is 1. The van der Waals surface area contributed by atoms with Crippen molar-refractivity contribution in [2.24, 2.45) is 5.92 Å². The number of H-pyrrole nitrogens is 1. The maximum Gasteiger partial charge on any atom is 0.272 e. The molecule has 0 fully saturated rings. The highest BCUT2D eigenvalue weighted by atomic mass is 16.1. The predicted octanol–water partition coefficient (Wildman–Crippen LogP) is 4.81. The van der Waals surface area contributed by atoms with Crippen LogP contribution in [0.1, 0.15) is 39.5 Å². The molecule has 3 N–H and O–H groups in total. The monoisotopic (exact) mass is 392 g/mol. The molecule has 0 bridgehead atoms. The predicted molar refractivity (Wildman–Crippen MR) is 122 cm³/mol. The molecule has 3 rings (SSSR count). The molecular weight excluding hydrogens is 360 g/mol. The minimum Gasteiger partial charge on any atom is -0.385 e. The lowest BCUT2D eigenvalue weighted by Gasteiger charge is -2.10. The minimum atomic E-state index is -0.155. The van der Waals surface area contributed by atoms with Gasteiger partial charge in [-0.2, -0.15) is 5.10 Å². The molecule has 0 unspecified atom stereocenters. The largest absolute Gasteiger partial charge is 0.385 e. The molecule has 0 atom stereocenters. The number of unbranched alkanes of at least 4 members (excludes halogenated alkanes) is 2. The van der Waals surface area contributed by atoms with Gasteiger partial charge in [0.2, 0.25) is 0 Å². The first-order valence-electron chi connectivity index (χ1n) is 10.7. The van der Waals surface area contributed by atoms with Crippen LogP contribution in [0.15, 0.2) is 53.3 Å². The van der Waals surface area contributed by atoms with Gasteiger partial charge in [-0.1, -0.05) is 50.6 Å². The topological polar surface area (TPSA) is 69.8 Å². The Hall–Kier alpha value is -2.66. The number of hydrogen-bond donors (Lipinski definition) is 3. The third-order valence-corrected chi connectivity index (χ3v) is 5.09. The molecular formula is C24H32N4O. The first-order chi connectivity index (χ1) is 14.1. The lowest BCUT2D eigenvalue weighted by Crippen LogP contribution is -2.18. The van der Waals surface area contributed by atoms with Crippen LogP contribution >= 0.6 is 0 Å². The van der Waals surface area contributed by atoms with Crippen LogP contribution in [-0.4, -0.2) is 29.8 Å². The van der Waals surface area contributed by atoms with Gasteiger partial charge in [-0.25, -0.2) is 5.10 Å². The number of benzene rings is 2. The minimum absolute atomic E-state index is 0.155. The van der Waals surface area contributed by atoms with Crippen LogP contribution in [-0.2, 0) is 0 Å². The number of nitrogens with zero attached hydrogens (tertiary/aromatic N) is 1. The Balaban J connectivity index is 1.51. The van der Waals surface area contributed by atoms with E-state index in [1.54, 1.807) is 0 Å². The summed E-state index contributed by atoms with van der Waals surface area (Å²) in [4.78, 5) is 12.0. The van der Waals surface area contributed by atoms with Gasteiger partial charge in [0.15, 0.2) is 0 Å². The van der Waals surface area contributed by atoms with Crippen molar-refractivity contribution in [3.8, 4) is 11.3 Å². The van der Waals surface area contributed by atoms with E-state index in [-0.39, 0.29) is 5.56 Å². The van der Waals surface area contributed by atoms with Crippen molar-refractivity contribution in [1.29, 1.82) is 0 Å². The van der Waals surface area contributed by atoms with Crippen LogP contribution in [0.4, 0.5) is 5.69 Å². The Morgan fingerprint density at radius 1 is 0.931 bits per heavy atom. The SMILES string of the molecule is CC(C)CCNCCCCCNc1cccc(-c2n[nH]c(=O)c3ccccc23)c1. The van der Waals surface area contributed by atoms with Gasteiger partial charge in [0.1, 0.15) is 0 Å². The Bertz CT molecular complexity index is 964. The highest BCUT2D eigenvalue weighted by molar-refractivity contribution is 5.94. The smallest absolute Gasteiger partial charge is 0.272 e.